The lowest BCUT2D eigenvalue weighted by molar-refractivity contribution is 0.0697. The second-order valence-corrected chi connectivity index (χ2v) is 5.66. The summed E-state index contributed by atoms with van der Waals surface area (Å²) in [5.74, 6) is -0.955. The number of carboxylic acids is 1. The molecular formula is C15H19FN2O3. The summed E-state index contributed by atoms with van der Waals surface area (Å²) in [6.45, 7) is 5.55. The maximum absolute atomic E-state index is 13.1. The summed E-state index contributed by atoms with van der Waals surface area (Å²) in [4.78, 5) is 24.9. The largest absolute Gasteiger partial charge is 0.478 e. The van der Waals surface area contributed by atoms with Gasteiger partial charge in [0.2, 0.25) is 0 Å². The quantitative estimate of drug-likeness (QED) is 0.900. The Morgan fingerprint density at radius 3 is 2.71 bits per heavy atom. The Balaban J connectivity index is 2.09. The molecule has 0 saturated carbocycles. The number of carboxylic acid groups (broad SMARTS) is 1. The molecule has 6 heteroatoms. The molecule has 21 heavy (non-hydrogen) atoms. The molecular weight excluding hydrogens is 275 g/mol. The number of benzene rings is 1. The third-order valence-corrected chi connectivity index (χ3v) is 3.91. The SMILES string of the molecule is CC(C)C1CCN(C(=O)Nc2ccc(F)cc2C(=O)O)C1. The van der Waals surface area contributed by atoms with Gasteiger partial charge in [-0.05, 0) is 36.5 Å². The lowest BCUT2D eigenvalue weighted by Gasteiger charge is -2.19. The van der Waals surface area contributed by atoms with Crippen molar-refractivity contribution in [3.8, 4) is 0 Å². The van der Waals surface area contributed by atoms with E-state index in [1.807, 2.05) is 0 Å². The minimum atomic E-state index is -1.27. The third-order valence-electron chi connectivity index (χ3n) is 3.91. The Morgan fingerprint density at radius 2 is 2.14 bits per heavy atom. The Bertz CT molecular complexity index is 560. The Labute approximate surface area is 122 Å². The van der Waals surface area contributed by atoms with Gasteiger partial charge in [0.05, 0.1) is 11.3 Å². The molecule has 1 unspecified atom stereocenters. The van der Waals surface area contributed by atoms with Gasteiger partial charge in [0.25, 0.3) is 0 Å². The van der Waals surface area contributed by atoms with Gasteiger partial charge in [0.1, 0.15) is 5.82 Å². The molecule has 2 amide bonds. The Kier molecular flexibility index (Phi) is 4.45. The summed E-state index contributed by atoms with van der Waals surface area (Å²) in [7, 11) is 0. The number of aromatic carboxylic acids is 1. The molecule has 1 atom stereocenters. The van der Waals surface area contributed by atoms with Gasteiger partial charge in [-0.15, -0.1) is 0 Å². The van der Waals surface area contributed by atoms with Crippen LogP contribution in [0.15, 0.2) is 18.2 Å². The van der Waals surface area contributed by atoms with E-state index in [9.17, 15) is 14.0 Å². The number of nitrogens with one attached hydrogen (secondary N) is 1. The van der Waals surface area contributed by atoms with Crippen molar-refractivity contribution in [3.05, 3.63) is 29.6 Å². The lowest BCUT2D eigenvalue weighted by Crippen LogP contribution is -2.33. The molecule has 1 aliphatic heterocycles. The molecule has 114 valence electrons. The molecule has 0 radical (unpaired) electrons. The van der Waals surface area contributed by atoms with E-state index >= 15 is 0 Å². The van der Waals surface area contributed by atoms with Crippen molar-refractivity contribution in [2.75, 3.05) is 18.4 Å². The summed E-state index contributed by atoms with van der Waals surface area (Å²) in [5.41, 5.74) is -0.134. The minimum Gasteiger partial charge on any atom is -0.478 e. The summed E-state index contributed by atoms with van der Waals surface area (Å²) in [6.07, 6.45) is 0.945. The average Bonchev–Trinajstić information content (AvgIpc) is 2.90. The van der Waals surface area contributed by atoms with Gasteiger partial charge >= 0.3 is 12.0 Å². The van der Waals surface area contributed by atoms with Crippen molar-refractivity contribution >= 4 is 17.7 Å². The van der Waals surface area contributed by atoms with Crippen molar-refractivity contribution < 1.29 is 19.1 Å². The molecule has 2 N–H and O–H groups in total. The van der Waals surface area contributed by atoms with E-state index in [1.165, 1.54) is 6.07 Å². The summed E-state index contributed by atoms with van der Waals surface area (Å²) in [6, 6.07) is 2.96. The van der Waals surface area contributed by atoms with E-state index in [0.29, 0.717) is 24.9 Å². The highest BCUT2D eigenvalue weighted by Crippen LogP contribution is 2.25. The molecule has 2 rings (SSSR count). The molecule has 5 nitrogen and oxygen atoms in total. The predicted molar refractivity (Wildman–Crippen MR) is 76.9 cm³/mol. The average molecular weight is 294 g/mol. The lowest BCUT2D eigenvalue weighted by atomic mass is 9.95. The normalized spacial score (nSPS) is 18.1. The number of urea groups is 1. The van der Waals surface area contributed by atoms with Crippen LogP contribution >= 0.6 is 0 Å². The van der Waals surface area contributed by atoms with Crippen molar-refractivity contribution in [2.24, 2.45) is 11.8 Å². The number of amides is 2. The van der Waals surface area contributed by atoms with E-state index in [2.05, 4.69) is 19.2 Å². The van der Waals surface area contributed by atoms with Crippen LogP contribution in [-0.4, -0.2) is 35.1 Å². The second-order valence-electron chi connectivity index (χ2n) is 5.66. The van der Waals surface area contributed by atoms with Gasteiger partial charge in [-0.2, -0.15) is 0 Å². The van der Waals surface area contributed by atoms with Crippen LogP contribution in [-0.2, 0) is 0 Å². The van der Waals surface area contributed by atoms with Crippen LogP contribution in [0.4, 0.5) is 14.9 Å². The number of anilines is 1. The van der Waals surface area contributed by atoms with Crippen molar-refractivity contribution in [2.45, 2.75) is 20.3 Å². The zero-order valence-electron chi connectivity index (χ0n) is 12.1. The smallest absolute Gasteiger partial charge is 0.337 e. The van der Waals surface area contributed by atoms with Gasteiger partial charge in [0.15, 0.2) is 0 Å². The number of carbonyl (C=O) groups excluding carboxylic acids is 1. The topological polar surface area (TPSA) is 69.6 Å². The van der Waals surface area contributed by atoms with Crippen molar-refractivity contribution in [1.29, 1.82) is 0 Å². The van der Waals surface area contributed by atoms with E-state index < -0.39 is 11.8 Å². The number of rotatable bonds is 3. The van der Waals surface area contributed by atoms with Crippen LogP contribution < -0.4 is 5.32 Å². The molecule has 0 bridgehead atoms. The molecule has 0 aromatic heterocycles. The van der Waals surface area contributed by atoms with Gasteiger partial charge in [-0.3, -0.25) is 0 Å². The van der Waals surface area contributed by atoms with E-state index in [0.717, 1.165) is 18.6 Å². The maximum atomic E-state index is 13.1. The predicted octanol–water partition coefficient (Wildman–Crippen LogP) is 3.03. The Hall–Kier alpha value is -2.11. The molecule has 1 heterocycles. The highest BCUT2D eigenvalue weighted by atomic mass is 19.1. The molecule has 0 spiro atoms. The number of carbonyl (C=O) groups is 2. The number of hydrogen-bond acceptors (Lipinski definition) is 2. The van der Waals surface area contributed by atoms with Gasteiger partial charge in [-0.1, -0.05) is 13.8 Å². The first kappa shape index (κ1) is 15.3. The van der Waals surface area contributed by atoms with Gasteiger partial charge < -0.3 is 15.3 Å². The molecule has 1 aromatic rings. The van der Waals surface area contributed by atoms with E-state index in [4.69, 9.17) is 5.11 Å². The van der Waals surface area contributed by atoms with Crippen LogP contribution in [0.5, 0.6) is 0 Å². The van der Waals surface area contributed by atoms with E-state index in [-0.39, 0.29) is 17.3 Å². The molecule has 1 saturated heterocycles. The standard InChI is InChI=1S/C15H19FN2O3/c1-9(2)10-5-6-18(8-10)15(21)17-13-4-3-11(16)7-12(13)14(19)20/h3-4,7,9-10H,5-6,8H2,1-2H3,(H,17,21)(H,19,20). The highest BCUT2D eigenvalue weighted by Gasteiger charge is 2.28. The first-order valence-corrected chi connectivity index (χ1v) is 6.97. The fourth-order valence-corrected chi connectivity index (χ4v) is 2.51. The van der Waals surface area contributed by atoms with Crippen LogP contribution in [0, 0.1) is 17.7 Å². The monoisotopic (exact) mass is 294 g/mol. The van der Waals surface area contributed by atoms with Crippen molar-refractivity contribution in [1.82, 2.24) is 4.90 Å². The number of nitrogens with zero attached hydrogens (tertiary/aromatic N) is 1. The zero-order valence-corrected chi connectivity index (χ0v) is 12.1. The van der Waals surface area contributed by atoms with Crippen molar-refractivity contribution in [3.63, 3.8) is 0 Å². The van der Waals surface area contributed by atoms with Gasteiger partial charge in [0, 0.05) is 13.1 Å². The maximum Gasteiger partial charge on any atom is 0.337 e. The highest BCUT2D eigenvalue weighted by molar-refractivity contribution is 6.00. The first-order valence-electron chi connectivity index (χ1n) is 6.97. The zero-order chi connectivity index (χ0) is 15.6. The van der Waals surface area contributed by atoms with Crippen LogP contribution in [0.3, 0.4) is 0 Å². The van der Waals surface area contributed by atoms with Gasteiger partial charge in [-0.25, -0.2) is 14.0 Å². The van der Waals surface area contributed by atoms with Crippen LogP contribution in [0.25, 0.3) is 0 Å². The molecule has 1 aromatic carbocycles. The third kappa shape index (κ3) is 3.51. The van der Waals surface area contributed by atoms with Crippen LogP contribution in [0.2, 0.25) is 0 Å². The second kappa shape index (κ2) is 6.11. The Morgan fingerprint density at radius 1 is 1.43 bits per heavy atom. The number of halogens is 1. The number of hydrogen-bond donors (Lipinski definition) is 2. The molecule has 1 aliphatic rings. The molecule has 1 fully saturated rings. The van der Waals surface area contributed by atoms with Crippen LogP contribution in [0.1, 0.15) is 30.6 Å². The first-order chi connectivity index (χ1) is 9.88. The summed E-state index contributed by atoms with van der Waals surface area (Å²) >= 11 is 0. The fraction of sp³-hybridized carbons (Fsp3) is 0.467. The summed E-state index contributed by atoms with van der Waals surface area (Å²) in [5, 5.41) is 11.6. The van der Waals surface area contributed by atoms with E-state index in [1.54, 1.807) is 4.90 Å². The fourth-order valence-electron chi connectivity index (χ4n) is 2.51. The minimum absolute atomic E-state index is 0.113. The summed E-state index contributed by atoms with van der Waals surface area (Å²) < 4.78 is 13.1. The molecule has 0 aliphatic carbocycles. The number of likely N-dealkylation sites (tertiary alicyclic amines) is 1.